The Labute approximate surface area is 115 Å². The van der Waals surface area contributed by atoms with E-state index in [1.807, 2.05) is 0 Å². The lowest BCUT2D eigenvalue weighted by molar-refractivity contribution is -0.120. The number of benzene rings is 1. The molecule has 0 N–H and O–H groups in total. The monoisotopic (exact) mass is 276 g/mol. The Hall–Kier alpha value is -1.55. The molecule has 3 fully saturated rings. The molecule has 0 spiro atoms. The average molecular weight is 277 g/mol. The van der Waals surface area contributed by atoms with Crippen molar-refractivity contribution in [3.8, 4) is 0 Å². The van der Waals surface area contributed by atoms with Crippen molar-refractivity contribution in [2.75, 3.05) is 4.90 Å². The van der Waals surface area contributed by atoms with Crippen LogP contribution in [0.2, 0.25) is 5.02 Å². The van der Waals surface area contributed by atoms with Crippen LogP contribution in [0.1, 0.15) is 19.3 Å². The number of rotatable bonds is 1. The third kappa shape index (κ3) is 1.40. The molecule has 2 saturated heterocycles. The first kappa shape index (κ1) is 11.3. The van der Waals surface area contributed by atoms with Gasteiger partial charge in [0.2, 0.25) is 0 Å². The van der Waals surface area contributed by atoms with E-state index in [-0.39, 0.29) is 24.0 Å². The van der Waals surface area contributed by atoms with Crippen LogP contribution >= 0.6 is 11.6 Å². The number of carbonyl (C=O) groups is 2. The van der Waals surface area contributed by atoms with Crippen LogP contribution in [-0.4, -0.2) is 28.9 Å². The largest absolute Gasteiger partial charge is 0.332 e. The van der Waals surface area contributed by atoms with E-state index in [4.69, 9.17) is 11.6 Å². The molecule has 1 aliphatic carbocycles. The number of anilines is 1. The molecule has 1 saturated carbocycles. The van der Waals surface area contributed by atoms with E-state index in [9.17, 15) is 9.59 Å². The number of carbonyl (C=O) groups excluding carboxylic acids is 2. The van der Waals surface area contributed by atoms with E-state index < -0.39 is 0 Å². The smallest absolute Gasteiger partial charge is 0.309 e. The highest BCUT2D eigenvalue weighted by molar-refractivity contribution is 6.31. The summed E-state index contributed by atoms with van der Waals surface area (Å²) in [6.45, 7) is 0. The molecular formula is C14H13ClN2O2. The molecule has 19 heavy (non-hydrogen) atoms. The summed E-state index contributed by atoms with van der Waals surface area (Å²) < 4.78 is 0. The van der Waals surface area contributed by atoms with Crippen LogP contribution in [0.3, 0.4) is 0 Å². The third-order valence-corrected chi connectivity index (χ3v) is 4.77. The first-order valence-corrected chi connectivity index (χ1v) is 6.96. The van der Waals surface area contributed by atoms with E-state index in [1.54, 1.807) is 29.2 Å². The van der Waals surface area contributed by atoms with Gasteiger partial charge in [0.05, 0.1) is 5.69 Å². The maximum Gasteiger partial charge on any atom is 0.332 e. The number of piperidine rings is 1. The van der Waals surface area contributed by atoms with E-state index in [0.29, 0.717) is 16.6 Å². The lowest BCUT2D eigenvalue weighted by Crippen LogP contribution is -2.40. The number of nitrogens with zero attached hydrogens (tertiary/aromatic N) is 2. The van der Waals surface area contributed by atoms with Gasteiger partial charge < -0.3 is 4.90 Å². The molecule has 0 aromatic heterocycles. The average Bonchev–Trinajstić information content (AvgIpc) is 3.04. The van der Waals surface area contributed by atoms with Crippen LogP contribution in [0.5, 0.6) is 0 Å². The van der Waals surface area contributed by atoms with E-state index in [1.165, 1.54) is 4.90 Å². The van der Waals surface area contributed by atoms with Gasteiger partial charge in [-0.1, -0.05) is 17.7 Å². The van der Waals surface area contributed by atoms with E-state index >= 15 is 0 Å². The molecule has 1 aromatic carbocycles. The molecule has 0 radical (unpaired) electrons. The molecule has 98 valence electrons. The molecule has 1 aromatic rings. The fraction of sp³-hybridized carbons (Fsp3) is 0.429. The Morgan fingerprint density at radius 1 is 1.21 bits per heavy atom. The second-order valence-corrected chi connectivity index (χ2v) is 5.95. The summed E-state index contributed by atoms with van der Waals surface area (Å²) in [4.78, 5) is 28.1. The number of imide groups is 1. The van der Waals surface area contributed by atoms with Crippen LogP contribution in [0.4, 0.5) is 10.5 Å². The number of fused-ring (bicyclic) bond motifs is 5. The van der Waals surface area contributed by atoms with Crippen LogP contribution in [0, 0.1) is 5.92 Å². The molecule has 3 atom stereocenters. The normalized spacial score (nSPS) is 32.4. The summed E-state index contributed by atoms with van der Waals surface area (Å²) >= 11 is 5.95. The first-order chi connectivity index (χ1) is 9.16. The topological polar surface area (TPSA) is 40.6 Å². The van der Waals surface area contributed by atoms with Crippen molar-refractivity contribution >= 4 is 29.2 Å². The van der Waals surface area contributed by atoms with Gasteiger partial charge in [0, 0.05) is 11.1 Å². The minimum absolute atomic E-state index is 0.0838. The van der Waals surface area contributed by atoms with Crippen molar-refractivity contribution in [2.24, 2.45) is 5.92 Å². The molecule has 4 rings (SSSR count). The van der Waals surface area contributed by atoms with Crippen LogP contribution in [-0.2, 0) is 4.79 Å². The van der Waals surface area contributed by atoms with Gasteiger partial charge in [-0.15, -0.1) is 0 Å². The summed E-state index contributed by atoms with van der Waals surface area (Å²) in [6.07, 6.45) is 3.09. The number of hydrogen-bond acceptors (Lipinski definition) is 2. The predicted octanol–water partition coefficient (Wildman–Crippen LogP) is 2.66. The van der Waals surface area contributed by atoms with Gasteiger partial charge in [0.1, 0.15) is 6.04 Å². The zero-order valence-corrected chi connectivity index (χ0v) is 11.0. The molecular weight excluding hydrogens is 264 g/mol. The van der Waals surface area contributed by atoms with Crippen molar-refractivity contribution in [3.05, 3.63) is 29.3 Å². The standard InChI is InChI=1S/C14H13ClN2O2/c15-9-2-1-3-10(7-9)17-13(18)12-8-4-5-11(6-8)16(12)14(17)19/h1-3,7-8,11-12H,4-6H2. The van der Waals surface area contributed by atoms with Crippen molar-refractivity contribution in [1.82, 2.24) is 4.90 Å². The summed E-state index contributed by atoms with van der Waals surface area (Å²) in [5.41, 5.74) is 0.580. The predicted molar refractivity (Wildman–Crippen MR) is 71.1 cm³/mol. The van der Waals surface area contributed by atoms with Crippen molar-refractivity contribution in [1.29, 1.82) is 0 Å². The summed E-state index contributed by atoms with van der Waals surface area (Å²) in [6, 6.07) is 6.77. The molecule has 3 aliphatic rings. The Morgan fingerprint density at radius 2 is 2.05 bits per heavy atom. The fourth-order valence-electron chi connectivity index (χ4n) is 3.78. The van der Waals surface area contributed by atoms with Gasteiger partial charge in [-0.25, -0.2) is 9.69 Å². The maximum absolute atomic E-state index is 12.5. The van der Waals surface area contributed by atoms with Gasteiger partial charge in [0.25, 0.3) is 5.91 Å². The molecule has 2 aliphatic heterocycles. The van der Waals surface area contributed by atoms with Gasteiger partial charge in [-0.2, -0.15) is 0 Å². The minimum atomic E-state index is -0.231. The molecule has 3 amide bonds. The van der Waals surface area contributed by atoms with Crippen LogP contribution in [0.15, 0.2) is 24.3 Å². The number of halogens is 1. The summed E-state index contributed by atoms with van der Waals surface area (Å²) in [7, 11) is 0. The molecule has 2 heterocycles. The maximum atomic E-state index is 12.5. The Bertz CT molecular complexity index is 561. The zero-order valence-electron chi connectivity index (χ0n) is 10.3. The lowest BCUT2D eigenvalue weighted by Gasteiger charge is -2.25. The van der Waals surface area contributed by atoms with E-state index in [0.717, 1.165) is 19.3 Å². The van der Waals surface area contributed by atoms with Crippen LogP contribution in [0.25, 0.3) is 0 Å². The van der Waals surface area contributed by atoms with E-state index in [2.05, 4.69) is 0 Å². The molecule has 4 nitrogen and oxygen atoms in total. The summed E-state index contributed by atoms with van der Waals surface area (Å²) in [5, 5.41) is 0.535. The highest BCUT2D eigenvalue weighted by Crippen LogP contribution is 2.47. The highest BCUT2D eigenvalue weighted by atomic mass is 35.5. The molecule has 5 heteroatoms. The van der Waals surface area contributed by atoms with Crippen LogP contribution < -0.4 is 4.90 Å². The lowest BCUT2D eigenvalue weighted by atomic mass is 9.99. The second-order valence-electron chi connectivity index (χ2n) is 5.52. The number of hydrogen-bond donors (Lipinski definition) is 0. The zero-order chi connectivity index (χ0) is 13.1. The van der Waals surface area contributed by atoms with Crippen molar-refractivity contribution in [3.63, 3.8) is 0 Å². The SMILES string of the molecule is O=C1C2C3CCC(C3)N2C(=O)N1c1cccc(Cl)c1. The van der Waals surface area contributed by atoms with Gasteiger partial charge in [-0.3, -0.25) is 4.79 Å². The summed E-state index contributed by atoms with van der Waals surface area (Å²) in [5.74, 6) is 0.269. The third-order valence-electron chi connectivity index (χ3n) is 4.54. The highest BCUT2D eigenvalue weighted by Gasteiger charge is 2.59. The van der Waals surface area contributed by atoms with Crippen molar-refractivity contribution < 1.29 is 9.59 Å². The van der Waals surface area contributed by atoms with Gasteiger partial charge in [-0.05, 0) is 43.4 Å². The minimum Gasteiger partial charge on any atom is -0.309 e. The number of amides is 3. The first-order valence-electron chi connectivity index (χ1n) is 6.58. The number of urea groups is 1. The van der Waals surface area contributed by atoms with Gasteiger partial charge >= 0.3 is 6.03 Å². The van der Waals surface area contributed by atoms with Crippen molar-refractivity contribution in [2.45, 2.75) is 31.3 Å². The second kappa shape index (κ2) is 3.73. The fourth-order valence-corrected chi connectivity index (χ4v) is 3.96. The Morgan fingerprint density at radius 3 is 2.79 bits per heavy atom. The Kier molecular flexibility index (Phi) is 2.22. The molecule has 3 unspecified atom stereocenters. The molecule has 2 bridgehead atoms. The quantitative estimate of drug-likeness (QED) is 0.740. The Balaban J connectivity index is 1.75. The van der Waals surface area contributed by atoms with Gasteiger partial charge in [0.15, 0.2) is 0 Å².